The van der Waals surface area contributed by atoms with Gasteiger partial charge in [-0.2, -0.15) is 0 Å². The highest BCUT2D eigenvalue weighted by Gasteiger charge is 2.25. The highest BCUT2D eigenvalue weighted by Crippen LogP contribution is 2.22. The first-order valence-corrected chi connectivity index (χ1v) is 6.91. The van der Waals surface area contributed by atoms with Crippen LogP contribution in [0.15, 0.2) is 18.2 Å². The van der Waals surface area contributed by atoms with Gasteiger partial charge in [-0.3, -0.25) is 0 Å². The number of nitrogens with one attached hydrogen (secondary N) is 1. The summed E-state index contributed by atoms with van der Waals surface area (Å²) in [6, 6.07) is 5.40. The Morgan fingerprint density at radius 2 is 2.37 bits per heavy atom. The smallest absolute Gasteiger partial charge is 0.321 e. The van der Waals surface area contributed by atoms with Gasteiger partial charge < -0.3 is 15.3 Å². The molecule has 1 aromatic rings. The van der Waals surface area contributed by atoms with Gasteiger partial charge in [0.1, 0.15) is 0 Å². The molecule has 1 atom stereocenters. The van der Waals surface area contributed by atoms with Crippen LogP contribution in [0.25, 0.3) is 0 Å². The maximum Gasteiger partial charge on any atom is 0.321 e. The molecule has 5 heteroatoms. The fourth-order valence-corrected chi connectivity index (χ4v) is 2.49. The molecule has 104 valence electrons. The van der Waals surface area contributed by atoms with Crippen LogP contribution in [0.3, 0.4) is 0 Å². The SMILES string of the molecule is Cc1ccc(NC(=O)N2CCC(CCO)C2)cc1Cl. The largest absolute Gasteiger partial charge is 0.396 e. The van der Waals surface area contributed by atoms with Crippen molar-refractivity contribution in [1.82, 2.24) is 4.90 Å². The van der Waals surface area contributed by atoms with E-state index in [-0.39, 0.29) is 12.6 Å². The number of amides is 2. The van der Waals surface area contributed by atoms with Crippen molar-refractivity contribution >= 4 is 23.3 Å². The summed E-state index contributed by atoms with van der Waals surface area (Å²) in [5, 5.41) is 12.4. The van der Waals surface area contributed by atoms with E-state index in [1.54, 1.807) is 11.0 Å². The van der Waals surface area contributed by atoms with Gasteiger partial charge in [0.15, 0.2) is 0 Å². The summed E-state index contributed by atoms with van der Waals surface area (Å²) in [6.45, 7) is 3.57. The second kappa shape index (κ2) is 6.26. The molecule has 19 heavy (non-hydrogen) atoms. The molecule has 1 aliphatic heterocycles. The minimum Gasteiger partial charge on any atom is -0.396 e. The Bertz CT molecular complexity index is 465. The number of halogens is 1. The molecule has 1 aromatic carbocycles. The number of benzene rings is 1. The van der Waals surface area contributed by atoms with Crippen molar-refractivity contribution in [2.75, 3.05) is 25.0 Å². The monoisotopic (exact) mass is 282 g/mol. The number of carbonyl (C=O) groups excluding carboxylic acids is 1. The topological polar surface area (TPSA) is 52.6 Å². The Hall–Kier alpha value is -1.26. The zero-order chi connectivity index (χ0) is 13.8. The van der Waals surface area contributed by atoms with E-state index in [0.717, 1.165) is 24.9 Å². The number of hydrogen-bond acceptors (Lipinski definition) is 2. The van der Waals surface area contributed by atoms with Gasteiger partial charge in [-0.05, 0) is 43.4 Å². The Balaban J connectivity index is 1.92. The number of rotatable bonds is 3. The third-order valence-corrected chi connectivity index (χ3v) is 3.94. The van der Waals surface area contributed by atoms with Gasteiger partial charge in [0.05, 0.1) is 0 Å². The van der Waals surface area contributed by atoms with E-state index in [1.807, 2.05) is 19.1 Å². The van der Waals surface area contributed by atoms with E-state index in [4.69, 9.17) is 16.7 Å². The van der Waals surface area contributed by atoms with Crippen LogP contribution in [0.1, 0.15) is 18.4 Å². The molecule has 1 fully saturated rings. The first-order valence-electron chi connectivity index (χ1n) is 6.53. The number of nitrogens with zero attached hydrogens (tertiary/aromatic N) is 1. The number of hydrogen-bond donors (Lipinski definition) is 2. The van der Waals surface area contributed by atoms with Crippen LogP contribution in [0.4, 0.5) is 10.5 Å². The molecule has 1 heterocycles. The van der Waals surface area contributed by atoms with Gasteiger partial charge >= 0.3 is 6.03 Å². The lowest BCUT2D eigenvalue weighted by atomic mass is 10.1. The zero-order valence-corrected chi connectivity index (χ0v) is 11.8. The highest BCUT2D eigenvalue weighted by atomic mass is 35.5. The van der Waals surface area contributed by atoms with Gasteiger partial charge in [0.25, 0.3) is 0 Å². The van der Waals surface area contributed by atoms with Crippen LogP contribution in [0, 0.1) is 12.8 Å². The van der Waals surface area contributed by atoms with Crippen LogP contribution in [-0.2, 0) is 0 Å². The van der Waals surface area contributed by atoms with Gasteiger partial charge in [0.2, 0.25) is 0 Å². The standard InChI is InChI=1S/C14H19ClN2O2/c1-10-2-3-12(8-13(10)15)16-14(19)17-6-4-11(9-17)5-7-18/h2-3,8,11,18H,4-7,9H2,1H3,(H,16,19). The van der Waals surface area contributed by atoms with E-state index in [1.165, 1.54) is 0 Å². The summed E-state index contributed by atoms with van der Waals surface area (Å²) in [5.74, 6) is 0.414. The van der Waals surface area contributed by atoms with Crippen LogP contribution < -0.4 is 5.32 Å². The summed E-state index contributed by atoms with van der Waals surface area (Å²) in [7, 11) is 0. The Morgan fingerprint density at radius 1 is 1.58 bits per heavy atom. The highest BCUT2D eigenvalue weighted by molar-refractivity contribution is 6.31. The third kappa shape index (κ3) is 3.61. The van der Waals surface area contributed by atoms with Gasteiger partial charge in [-0.15, -0.1) is 0 Å². The minimum absolute atomic E-state index is 0.0969. The summed E-state index contributed by atoms with van der Waals surface area (Å²) < 4.78 is 0. The Kier molecular flexibility index (Phi) is 4.66. The van der Waals surface area contributed by atoms with Crippen molar-refractivity contribution < 1.29 is 9.90 Å². The van der Waals surface area contributed by atoms with Crippen LogP contribution in [-0.4, -0.2) is 35.7 Å². The van der Waals surface area contributed by atoms with Crippen molar-refractivity contribution in [1.29, 1.82) is 0 Å². The van der Waals surface area contributed by atoms with E-state index in [9.17, 15) is 4.79 Å². The number of likely N-dealkylation sites (tertiary alicyclic amines) is 1. The average Bonchev–Trinajstić information content (AvgIpc) is 2.83. The first kappa shape index (κ1) is 14.2. The molecule has 0 radical (unpaired) electrons. The summed E-state index contributed by atoms with van der Waals surface area (Å²) in [4.78, 5) is 13.9. The number of anilines is 1. The molecule has 2 N–H and O–H groups in total. The van der Waals surface area contributed by atoms with E-state index >= 15 is 0 Å². The quantitative estimate of drug-likeness (QED) is 0.896. The summed E-state index contributed by atoms with van der Waals surface area (Å²) in [5.41, 5.74) is 1.70. The number of aryl methyl sites for hydroxylation is 1. The maximum absolute atomic E-state index is 12.1. The Labute approximate surface area is 118 Å². The number of aliphatic hydroxyl groups excluding tert-OH is 1. The van der Waals surface area contributed by atoms with Crippen molar-refractivity contribution in [2.45, 2.75) is 19.8 Å². The first-order chi connectivity index (χ1) is 9.10. The zero-order valence-electron chi connectivity index (χ0n) is 11.0. The normalized spacial score (nSPS) is 18.7. The molecular weight excluding hydrogens is 264 g/mol. The van der Waals surface area contributed by atoms with Gasteiger partial charge in [-0.25, -0.2) is 4.79 Å². The Morgan fingerprint density at radius 3 is 3.05 bits per heavy atom. The molecule has 1 saturated heterocycles. The van der Waals surface area contributed by atoms with E-state index in [2.05, 4.69) is 5.32 Å². The minimum atomic E-state index is -0.0969. The molecule has 0 saturated carbocycles. The molecule has 0 aliphatic carbocycles. The predicted molar refractivity (Wildman–Crippen MR) is 76.6 cm³/mol. The van der Waals surface area contributed by atoms with Gasteiger partial charge in [-0.1, -0.05) is 17.7 Å². The average molecular weight is 283 g/mol. The molecule has 1 unspecified atom stereocenters. The van der Waals surface area contributed by atoms with Gasteiger partial charge in [0, 0.05) is 30.4 Å². The lowest BCUT2D eigenvalue weighted by molar-refractivity contribution is 0.217. The molecule has 1 aliphatic rings. The second-order valence-electron chi connectivity index (χ2n) is 5.01. The number of aliphatic hydroxyl groups is 1. The molecule has 4 nitrogen and oxygen atoms in total. The molecular formula is C14H19ClN2O2. The van der Waals surface area contributed by atoms with Crippen LogP contribution in [0.2, 0.25) is 5.02 Å². The predicted octanol–water partition coefficient (Wildman–Crippen LogP) is 2.88. The molecule has 2 rings (SSSR count). The molecule has 2 amide bonds. The van der Waals surface area contributed by atoms with Crippen molar-refractivity contribution in [3.05, 3.63) is 28.8 Å². The van der Waals surface area contributed by atoms with E-state index in [0.29, 0.717) is 23.2 Å². The number of urea groups is 1. The number of carbonyl (C=O) groups is 1. The van der Waals surface area contributed by atoms with Crippen LogP contribution >= 0.6 is 11.6 Å². The third-order valence-electron chi connectivity index (χ3n) is 3.53. The van der Waals surface area contributed by atoms with Crippen LogP contribution in [0.5, 0.6) is 0 Å². The fourth-order valence-electron chi connectivity index (χ4n) is 2.31. The van der Waals surface area contributed by atoms with Crippen molar-refractivity contribution in [2.24, 2.45) is 5.92 Å². The van der Waals surface area contributed by atoms with Crippen molar-refractivity contribution in [3.8, 4) is 0 Å². The lowest BCUT2D eigenvalue weighted by Crippen LogP contribution is -2.33. The molecule has 0 aromatic heterocycles. The molecule has 0 bridgehead atoms. The summed E-state index contributed by atoms with van der Waals surface area (Å²) >= 11 is 6.03. The maximum atomic E-state index is 12.1. The lowest BCUT2D eigenvalue weighted by Gasteiger charge is -2.17. The van der Waals surface area contributed by atoms with Crippen molar-refractivity contribution in [3.63, 3.8) is 0 Å². The second-order valence-corrected chi connectivity index (χ2v) is 5.41. The summed E-state index contributed by atoms with van der Waals surface area (Å²) in [6.07, 6.45) is 1.72. The fraction of sp³-hybridized carbons (Fsp3) is 0.500. The van der Waals surface area contributed by atoms with E-state index < -0.39 is 0 Å². The molecule has 0 spiro atoms.